The Hall–Kier alpha value is -1.80. The number of likely N-dealkylation sites (tertiary alicyclic amines) is 1. The molecule has 1 aromatic heterocycles. The number of urea groups is 1. The van der Waals surface area contributed by atoms with Crippen molar-refractivity contribution in [1.29, 1.82) is 0 Å². The first kappa shape index (κ1) is 15.6. The van der Waals surface area contributed by atoms with E-state index in [1.807, 2.05) is 6.92 Å². The van der Waals surface area contributed by atoms with Gasteiger partial charge in [0.25, 0.3) is 0 Å². The van der Waals surface area contributed by atoms with Crippen molar-refractivity contribution in [2.24, 2.45) is 5.92 Å². The Bertz CT molecular complexity index is 487. The summed E-state index contributed by atoms with van der Waals surface area (Å²) in [6.45, 7) is 2.79. The molecule has 0 aromatic carbocycles. The van der Waals surface area contributed by atoms with Crippen LogP contribution in [0, 0.1) is 5.92 Å². The van der Waals surface area contributed by atoms with Crippen LogP contribution < -0.4 is 5.32 Å². The van der Waals surface area contributed by atoms with E-state index in [0.29, 0.717) is 25.3 Å². The molecule has 1 saturated heterocycles. The zero-order valence-electron chi connectivity index (χ0n) is 11.7. The number of nitrogens with zero attached hydrogens (tertiary/aromatic N) is 4. The first-order valence-electron chi connectivity index (χ1n) is 6.88. The van der Waals surface area contributed by atoms with Gasteiger partial charge in [0.05, 0.1) is 12.5 Å². The van der Waals surface area contributed by atoms with Crippen molar-refractivity contribution in [3.8, 4) is 0 Å². The Labute approximate surface area is 120 Å². The fourth-order valence-electron chi connectivity index (χ4n) is 2.38. The fraction of sp³-hybridized carbons (Fsp3) is 0.750. The van der Waals surface area contributed by atoms with Crippen LogP contribution in [0.1, 0.15) is 25.6 Å². The highest BCUT2D eigenvalue weighted by molar-refractivity contribution is 5.74. The molecule has 1 N–H and O–H groups in total. The third kappa shape index (κ3) is 3.85. The Morgan fingerprint density at radius 1 is 1.52 bits per heavy atom. The van der Waals surface area contributed by atoms with Gasteiger partial charge in [0.1, 0.15) is 6.33 Å². The highest BCUT2D eigenvalue weighted by Gasteiger charge is 2.42. The average Bonchev–Trinajstić information content (AvgIpc) is 2.91. The molecule has 6 nitrogen and oxygen atoms in total. The number of piperidine rings is 1. The number of alkyl halides is 3. The maximum absolute atomic E-state index is 12.7. The molecule has 9 heteroatoms. The Morgan fingerprint density at radius 2 is 2.29 bits per heavy atom. The van der Waals surface area contributed by atoms with Gasteiger partial charge >= 0.3 is 12.2 Å². The van der Waals surface area contributed by atoms with E-state index >= 15 is 0 Å². The molecule has 1 aromatic rings. The number of aryl methyl sites for hydroxylation is 1. The first-order chi connectivity index (χ1) is 9.91. The second kappa shape index (κ2) is 6.31. The predicted molar refractivity (Wildman–Crippen MR) is 68.3 cm³/mol. The molecule has 1 aliphatic heterocycles. The molecular formula is C12H18F3N5O. The number of hydrogen-bond donors (Lipinski definition) is 1. The molecule has 21 heavy (non-hydrogen) atoms. The van der Waals surface area contributed by atoms with Crippen molar-refractivity contribution in [3.05, 3.63) is 12.2 Å². The summed E-state index contributed by atoms with van der Waals surface area (Å²) < 4.78 is 39.9. The smallest absolute Gasteiger partial charge is 0.331 e. The van der Waals surface area contributed by atoms with Crippen LogP contribution in [0.2, 0.25) is 0 Å². The number of aromatic nitrogens is 3. The molecule has 1 aliphatic rings. The predicted octanol–water partition coefficient (Wildman–Crippen LogP) is 1.78. The standard InChI is InChI=1S/C12H18F3N5O/c1-2-19-8-17-18-10(19)6-16-11(21)20-5-3-4-9(7-20)12(13,14)15/h8-9H,2-7H2,1H3,(H,16,21). The van der Waals surface area contributed by atoms with Gasteiger partial charge in [0, 0.05) is 19.6 Å². The number of carbonyl (C=O) groups is 1. The van der Waals surface area contributed by atoms with Gasteiger partial charge in [-0.25, -0.2) is 4.79 Å². The van der Waals surface area contributed by atoms with Gasteiger partial charge < -0.3 is 14.8 Å². The van der Waals surface area contributed by atoms with Crippen LogP contribution in [-0.2, 0) is 13.1 Å². The monoisotopic (exact) mass is 305 g/mol. The van der Waals surface area contributed by atoms with Gasteiger partial charge in [0.15, 0.2) is 5.82 Å². The molecule has 0 aliphatic carbocycles. The van der Waals surface area contributed by atoms with Gasteiger partial charge in [-0.15, -0.1) is 10.2 Å². The third-order valence-corrected chi connectivity index (χ3v) is 3.61. The van der Waals surface area contributed by atoms with E-state index in [-0.39, 0.29) is 19.5 Å². The summed E-state index contributed by atoms with van der Waals surface area (Å²) in [5.74, 6) is -0.855. The minimum Gasteiger partial charge on any atom is -0.331 e. The number of rotatable bonds is 3. The summed E-state index contributed by atoms with van der Waals surface area (Å²) in [5, 5.41) is 10.2. The Morgan fingerprint density at radius 3 is 2.95 bits per heavy atom. The first-order valence-corrected chi connectivity index (χ1v) is 6.88. The summed E-state index contributed by atoms with van der Waals surface area (Å²) in [6, 6.07) is -0.491. The largest absolute Gasteiger partial charge is 0.393 e. The molecule has 1 unspecified atom stereocenters. The van der Waals surface area contributed by atoms with Crippen molar-refractivity contribution < 1.29 is 18.0 Å². The van der Waals surface area contributed by atoms with Crippen molar-refractivity contribution in [3.63, 3.8) is 0 Å². The Balaban J connectivity index is 1.88. The van der Waals surface area contributed by atoms with E-state index in [4.69, 9.17) is 0 Å². The lowest BCUT2D eigenvalue weighted by Crippen LogP contribution is -2.48. The van der Waals surface area contributed by atoms with Crippen molar-refractivity contribution in [2.75, 3.05) is 13.1 Å². The molecule has 0 radical (unpaired) electrons. The lowest BCUT2D eigenvalue weighted by Gasteiger charge is -2.33. The maximum Gasteiger partial charge on any atom is 0.393 e. The molecule has 2 heterocycles. The quantitative estimate of drug-likeness (QED) is 0.926. The summed E-state index contributed by atoms with van der Waals surface area (Å²) in [7, 11) is 0. The molecule has 1 atom stereocenters. The van der Waals surface area contributed by atoms with E-state index in [1.165, 1.54) is 4.90 Å². The second-order valence-corrected chi connectivity index (χ2v) is 5.02. The number of hydrogen-bond acceptors (Lipinski definition) is 3. The van der Waals surface area contributed by atoms with Gasteiger partial charge in [0.2, 0.25) is 0 Å². The van der Waals surface area contributed by atoms with Gasteiger partial charge in [-0.1, -0.05) is 0 Å². The minimum atomic E-state index is -4.25. The molecular weight excluding hydrogens is 287 g/mol. The molecule has 0 bridgehead atoms. The van der Waals surface area contributed by atoms with E-state index < -0.39 is 18.1 Å². The molecule has 0 spiro atoms. The lowest BCUT2D eigenvalue weighted by atomic mass is 9.98. The van der Waals surface area contributed by atoms with Crippen LogP contribution in [0.15, 0.2) is 6.33 Å². The second-order valence-electron chi connectivity index (χ2n) is 5.02. The number of carbonyl (C=O) groups excluding carboxylic acids is 1. The van der Waals surface area contributed by atoms with Crippen LogP contribution in [0.4, 0.5) is 18.0 Å². The van der Waals surface area contributed by atoms with Gasteiger partial charge in [-0.2, -0.15) is 13.2 Å². The summed E-state index contributed by atoms with van der Waals surface area (Å²) in [5.41, 5.74) is 0. The normalized spacial score (nSPS) is 19.6. The fourth-order valence-corrected chi connectivity index (χ4v) is 2.38. The highest BCUT2D eigenvalue weighted by Crippen LogP contribution is 2.33. The van der Waals surface area contributed by atoms with Crippen LogP contribution in [0.3, 0.4) is 0 Å². The number of amides is 2. The van der Waals surface area contributed by atoms with Crippen LogP contribution in [0.25, 0.3) is 0 Å². The zero-order chi connectivity index (χ0) is 15.5. The third-order valence-electron chi connectivity index (χ3n) is 3.61. The molecule has 0 saturated carbocycles. The lowest BCUT2D eigenvalue weighted by molar-refractivity contribution is -0.184. The van der Waals surface area contributed by atoms with Crippen LogP contribution in [0.5, 0.6) is 0 Å². The van der Waals surface area contributed by atoms with Gasteiger partial charge in [-0.05, 0) is 19.8 Å². The summed E-state index contributed by atoms with van der Waals surface area (Å²) in [6.07, 6.45) is -2.26. The number of halogens is 3. The maximum atomic E-state index is 12.7. The molecule has 118 valence electrons. The van der Waals surface area contributed by atoms with Crippen molar-refractivity contribution >= 4 is 6.03 Å². The van der Waals surface area contributed by atoms with Crippen molar-refractivity contribution in [1.82, 2.24) is 25.0 Å². The highest BCUT2D eigenvalue weighted by atomic mass is 19.4. The average molecular weight is 305 g/mol. The van der Waals surface area contributed by atoms with Gasteiger partial charge in [-0.3, -0.25) is 0 Å². The summed E-state index contributed by atoms with van der Waals surface area (Å²) >= 11 is 0. The molecule has 1 fully saturated rings. The van der Waals surface area contributed by atoms with Crippen LogP contribution >= 0.6 is 0 Å². The minimum absolute atomic E-state index is 0.0808. The van der Waals surface area contributed by atoms with E-state index in [9.17, 15) is 18.0 Å². The van der Waals surface area contributed by atoms with Crippen LogP contribution in [-0.4, -0.2) is 45.0 Å². The molecule has 2 amide bonds. The molecule has 2 rings (SSSR count). The van der Waals surface area contributed by atoms with E-state index in [0.717, 1.165) is 0 Å². The van der Waals surface area contributed by atoms with E-state index in [2.05, 4.69) is 15.5 Å². The number of nitrogens with one attached hydrogen (secondary N) is 1. The van der Waals surface area contributed by atoms with Crippen molar-refractivity contribution in [2.45, 2.75) is 39.0 Å². The summed E-state index contributed by atoms with van der Waals surface area (Å²) in [4.78, 5) is 13.2. The topological polar surface area (TPSA) is 63.1 Å². The SMILES string of the molecule is CCn1cnnc1CNC(=O)N1CCCC(C(F)(F)F)C1. The zero-order valence-corrected chi connectivity index (χ0v) is 11.7. The Kier molecular flexibility index (Phi) is 4.69. The van der Waals surface area contributed by atoms with E-state index in [1.54, 1.807) is 10.9 Å².